The molecule has 22 heavy (non-hydrogen) atoms. The Morgan fingerprint density at radius 1 is 0.545 bits per heavy atom. The molecule has 3 rings (SSSR count). The van der Waals surface area contributed by atoms with Crippen LogP contribution >= 0.6 is 23.5 Å². The second kappa shape index (κ2) is 6.81. The first-order chi connectivity index (χ1) is 10.7. The van der Waals surface area contributed by atoms with Crippen molar-refractivity contribution in [2.75, 3.05) is 11.5 Å². The van der Waals surface area contributed by atoms with Gasteiger partial charge in [-0.05, 0) is 42.5 Å². The number of nitrogen functional groups attached to an aromatic ring is 2. The van der Waals surface area contributed by atoms with Crippen LogP contribution < -0.4 is 11.5 Å². The van der Waals surface area contributed by atoms with Crippen molar-refractivity contribution in [3.05, 3.63) is 72.8 Å². The van der Waals surface area contributed by atoms with Crippen LogP contribution in [0.3, 0.4) is 0 Å². The Bertz CT molecular complexity index is 725. The Hall–Kier alpha value is -2.04. The van der Waals surface area contributed by atoms with Crippen molar-refractivity contribution >= 4 is 34.9 Å². The van der Waals surface area contributed by atoms with E-state index < -0.39 is 0 Å². The molecule has 0 spiro atoms. The quantitative estimate of drug-likeness (QED) is 0.651. The largest absolute Gasteiger partial charge is 0.398 e. The molecule has 0 heterocycles. The maximum atomic E-state index is 6.01. The van der Waals surface area contributed by atoms with E-state index in [0.29, 0.717) is 0 Å². The Balaban J connectivity index is 1.81. The van der Waals surface area contributed by atoms with E-state index in [4.69, 9.17) is 11.5 Å². The van der Waals surface area contributed by atoms with E-state index in [9.17, 15) is 0 Å². The first-order valence-electron chi connectivity index (χ1n) is 6.87. The summed E-state index contributed by atoms with van der Waals surface area (Å²) >= 11 is 3.35. The minimum absolute atomic E-state index is 0.804. The van der Waals surface area contributed by atoms with E-state index in [1.807, 2.05) is 48.5 Å². The molecule has 0 aliphatic rings. The Morgan fingerprint density at radius 3 is 1.45 bits per heavy atom. The number of benzene rings is 3. The van der Waals surface area contributed by atoms with E-state index in [-0.39, 0.29) is 0 Å². The molecule has 4 heteroatoms. The van der Waals surface area contributed by atoms with Gasteiger partial charge in [-0.2, -0.15) is 0 Å². The highest BCUT2D eigenvalue weighted by atomic mass is 32.2. The number of hydrogen-bond acceptors (Lipinski definition) is 4. The molecule has 0 atom stereocenters. The predicted molar refractivity (Wildman–Crippen MR) is 96.4 cm³/mol. The minimum Gasteiger partial charge on any atom is -0.398 e. The van der Waals surface area contributed by atoms with Crippen LogP contribution in [-0.4, -0.2) is 0 Å². The summed E-state index contributed by atoms with van der Waals surface area (Å²) in [4.78, 5) is 4.47. The molecular formula is C18H16N2S2. The van der Waals surface area contributed by atoms with Crippen molar-refractivity contribution in [2.45, 2.75) is 19.6 Å². The predicted octanol–water partition coefficient (Wildman–Crippen LogP) is 5.15. The van der Waals surface area contributed by atoms with Gasteiger partial charge in [-0.15, -0.1) is 0 Å². The molecule has 0 amide bonds. The van der Waals surface area contributed by atoms with Crippen LogP contribution in [0.1, 0.15) is 0 Å². The normalized spacial score (nSPS) is 10.5. The number of para-hydroxylation sites is 2. The number of rotatable bonds is 4. The summed E-state index contributed by atoms with van der Waals surface area (Å²) in [6.45, 7) is 0. The summed E-state index contributed by atoms with van der Waals surface area (Å²) in [7, 11) is 0. The third-order valence-electron chi connectivity index (χ3n) is 3.10. The zero-order valence-corrected chi connectivity index (χ0v) is 13.5. The fraction of sp³-hybridized carbons (Fsp3) is 0. The van der Waals surface area contributed by atoms with Crippen LogP contribution in [0.25, 0.3) is 0 Å². The van der Waals surface area contributed by atoms with Gasteiger partial charge in [-0.25, -0.2) is 0 Å². The first-order valence-corrected chi connectivity index (χ1v) is 8.50. The lowest BCUT2D eigenvalue weighted by atomic mass is 10.3. The van der Waals surface area contributed by atoms with Crippen molar-refractivity contribution in [1.82, 2.24) is 0 Å². The van der Waals surface area contributed by atoms with E-state index in [0.717, 1.165) is 31.0 Å². The second-order valence-electron chi connectivity index (χ2n) is 4.75. The first kappa shape index (κ1) is 14.9. The molecule has 110 valence electrons. The third kappa shape index (κ3) is 3.59. The number of nitrogens with two attached hydrogens (primary N) is 2. The summed E-state index contributed by atoms with van der Waals surface area (Å²) in [5.74, 6) is 0. The molecular weight excluding hydrogens is 308 g/mol. The van der Waals surface area contributed by atoms with Gasteiger partial charge in [0, 0.05) is 31.0 Å². The lowest BCUT2D eigenvalue weighted by Crippen LogP contribution is -1.88. The van der Waals surface area contributed by atoms with Crippen LogP contribution in [0.5, 0.6) is 0 Å². The van der Waals surface area contributed by atoms with Crippen LogP contribution in [0.4, 0.5) is 11.4 Å². The van der Waals surface area contributed by atoms with Crippen molar-refractivity contribution in [2.24, 2.45) is 0 Å². The van der Waals surface area contributed by atoms with Crippen LogP contribution in [0, 0.1) is 0 Å². The summed E-state index contributed by atoms with van der Waals surface area (Å²) in [5, 5.41) is 0. The van der Waals surface area contributed by atoms with Crippen LogP contribution in [-0.2, 0) is 0 Å². The van der Waals surface area contributed by atoms with Gasteiger partial charge < -0.3 is 11.5 Å². The molecule has 0 aliphatic heterocycles. The summed E-state index contributed by atoms with van der Waals surface area (Å²) in [6.07, 6.45) is 0. The molecule has 0 fully saturated rings. The van der Waals surface area contributed by atoms with Gasteiger partial charge in [0.1, 0.15) is 0 Å². The summed E-state index contributed by atoms with van der Waals surface area (Å²) < 4.78 is 0. The molecule has 3 aromatic carbocycles. The fourth-order valence-electron chi connectivity index (χ4n) is 2.00. The number of anilines is 2. The van der Waals surface area contributed by atoms with Gasteiger partial charge in [-0.3, -0.25) is 0 Å². The smallest absolute Gasteiger partial charge is 0.0455 e. The van der Waals surface area contributed by atoms with E-state index in [1.54, 1.807) is 23.5 Å². The SMILES string of the molecule is Nc1ccccc1Sc1cccc(Sc2ccccc2N)c1. The Labute approximate surface area is 138 Å². The van der Waals surface area contributed by atoms with E-state index >= 15 is 0 Å². The maximum absolute atomic E-state index is 6.01. The highest BCUT2D eigenvalue weighted by Crippen LogP contribution is 2.36. The molecule has 2 nitrogen and oxygen atoms in total. The monoisotopic (exact) mass is 324 g/mol. The molecule has 4 N–H and O–H groups in total. The summed E-state index contributed by atoms with van der Waals surface area (Å²) in [5.41, 5.74) is 13.6. The second-order valence-corrected chi connectivity index (χ2v) is 6.99. The third-order valence-corrected chi connectivity index (χ3v) is 5.26. The average molecular weight is 324 g/mol. The standard InChI is InChI=1S/C18H16N2S2/c19-15-8-1-3-10-17(15)21-13-6-5-7-14(12-13)22-18-11-4-2-9-16(18)20/h1-12H,19-20H2. The molecule has 0 aliphatic carbocycles. The van der Waals surface area contributed by atoms with Gasteiger partial charge in [0.25, 0.3) is 0 Å². The van der Waals surface area contributed by atoms with Gasteiger partial charge in [0.05, 0.1) is 0 Å². The molecule has 0 aromatic heterocycles. The highest BCUT2D eigenvalue weighted by molar-refractivity contribution is 8.00. The van der Waals surface area contributed by atoms with Gasteiger partial charge in [-0.1, -0.05) is 53.9 Å². The van der Waals surface area contributed by atoms with Gasteiger partial charge >= 0.3 is 0 Å². The number of hydrogen-bond donors (Lipinski definition) is 2. The average Bonchev–Trinajstić information content (AvgIpc) is 2.52. The zero-order chi connectivity index (χ0) is 15.4. The molecule has 0 radical (unpaired) electrons. The minimum atomic E-state index is 0.804. The van der Waals surface area contributed by atoms with Crippen molar-refractivity contribution in [1.29, 1.82) is 0 Å². The highest BCUT2D eigenvalue weighted by Gasteiger charge is 2.04. The Kier molecular flexibility index (Phi) is 4.61. The van der Waals surface area contributed by atoms with Crippen molar-refractivity contribution in [3.63, 3.8) is 0 Å². The lowest BCUT2D eigenvalue weighted by molar-refractivity contribution is 1.31. The van der Waals surface area contributed by atoms with Crippen molar-refractivity contribution in [3.8, 4) is 0 Å². The van der Waals surface area contributed by atoms with Crippen LogP contribution in [0.2, 0.25) is 0 Å². The van der Waals surface area contributed by atoms with Crippen LogP contribution in [0.15, 0.2) is 92.4 Å². The fourth-order valence-corrected chi connectivity index (χ4v) is 3.91. The maximum Gasteiger partial charge on any atom is 0.0455 e. The molecule has 0 saturated carbocycles. The van der Waals surface area contributed by atoms with Gasteiger partial charge in [0.2, 0.25) is 0 Å². The summed E-state index contributed by atoms with van der Waals surface area (Å²) in [6, 6.07) is 24.2. The van der Waals surface area contributed by atoms with Crippen molar-refractivity contribution < 1.29 is 0 Å². The Morgan fingerprint density at radius 2 is 1.00 bits per heavy atom. The topological polar surface area (TPSA) is 52.0 Å². The van der Waals surface area contributed by atoms with Gasteiger partial charge in [0.15, 0.2) is 0 Å². The van der Waals surface area contributed by atoms with E-state index in [2.05, 4.69) is 24.3 Å². The lowest BCUT2D eigenvalue weighted by Gasteiger charge is -2.08. The molecule has 3 aromatic rings. The van der Waals surface area contributed by atoms with E-state index in [1.165, 1.54) is 0 Å². The molecule has 0 bridgehead atoms. The zero-order valence-electron chi connectivity index (χ0n) is 11.9. The molecule has 0 unspecified atom stereocenters. The molecule has 0 saturated heterocycles.